The molecule has 2 unspecified atom stereocenters. The van der Waals surface area contributed by atoms with E-state index in [9.17, 15) is 36.6 Å². The number of aliphatic hydroxyl groups is 1. The molecular formula is C47H58CoF6N2O3. The van der Waals surface area contributed by atoms with Crippen molar-refractivity contribution in [3.8, 4) is 11.5 Å². The number of rotatable bonds is 6. The Bertz CT molecular complexity index is 1990. The molecule has 1 heterocycles. The summed E-state index contributed by atoms with van der Waals surface area (Å²) in [5.41, 5.74) is 7.22. The Morgan fingerprint density at radius 1 is 0.508 bits per heavy atom. The van der Waals surface area contributed by atoms with Gasteiger partial charge in [-0.3, -0.25) is 0 Å². The molecule has 0 radical (unpaired) electrons. The Balaban J connectivity index is 0.000000680. The third-order valence-electron chi connectivity index (χ3n) is 9.88. The predicted octanol–water partition coefficient (Wildman–Crippen LogP) is 12.8. The summed E-state index contributed by atoms with van der Waals surface area (Å²) in [5, 5.41) is 30.9. The van der Waals surface area contributed by atoms with Crippen LogP contribution in [0.1, 0.15) is 137 Å². The van der Waals surface area contributed by atoms with E-state index in [4.69, 9.17) is 13.2 Å². The fourth-order valence-corrected chi connectivity index (χ4v) is 10.7. The SMILES string of the molecule is CC(C)(C)c1cc(C=[N][Co]2([N]=Cc3cc(C(C)(C)C)cc(C(C)(C)C)c3O)[CH](c3ccccc3)[CH]2c2ccccc2)c(O)c(C(C)(C)C)c1.OC(C(F)(F)F)C(F)(F)F. The van der Waals surface area contributed by atoms with E-state index in [1.165, 1.54) is 11.1 Å². The molecule has 2 atom stereocenters. The van der Waals surface area contributed by atoms with Crippen LogP contribution in [0.2, 0.25) is 0 Å². The zero-order chi connectivity index (χ0) is 44.7. The second kappa shape index (κ2) is 16.7. The van der Waals surface area contributed by atoms with Gasteiger partial charge in [-0.25, -0.2) is 0 Å². The third kappa shape index (κ3) is 11.2. The average Bonchev–Trinajstić information content (AvgIpc) is 3.77. The fraction of sp³-hybridized carbons (Fsp3) is 0.447. The number of benzene rings is 4. The van der Waals surface area contributed by atoms with E-state index in [0.29, 0.717) is 11.1 Å². The molecule has 0 aliphatic carbocycles. The van der Waals surface area contributed by atoms with Crippen molar-refractivity contribution in [2.24, 2.45) is 8.08 Å². The molecule has 3 N–H and O–H groups in total. The van der Waals surface area contributed by atoms with Crippen molar-refractivity contribution < 1.29 is 54.7 Å². The van der Waals surface area contributed by atoms with E-state index in [0.717, 1.165) is 22.3 Å². The summed E-state index contributed by atoms with van der Waals surface area (Å²) >= 11 is -2.51. The van der Waals surface area contributed by atoms with Gasteiger partial charge in [0.05, 0.1) is 0 Å². The molecule has 12 heteroatoms. The number of nitrogens with zero attached hydrogens (tertiary/aromatic N) is 2. The molecule has 5 rings (SSSR count). The molecule has 0 saturated carbocycles. The zero-order valence-electron chi connectivity index (χ0n) is 35.8. The summed E-state index contributed by atoms with van der Waals surface area (Å²) in [5.74, 6) is 0.539. The molecule has 0 amide bonds. The van der Waals surface area contributed by atoms with Crippen LogP contribution in [0.4, 0.5) is 26.3 Å². The predicted molar refractivity (Wildman–Crippen MR) is 223 cm³/mol. The van der Waals surface area contributed by atoms with Gasteiger partial charge in [-0.1, -0.05) is 0 Å². The first-order chi connectivity index (χ1) is 26.8. The van der Waals surface area contributed by atoms with Gasteiger partial charge in [-0.15, -0.1) is 0 Å². The van der Waals surface area contributed by atoms with Crippen LogP contribution in [-0.4, -0.2) is 46.2 Å². The number of aromatic hydroxyl groups is 2. The molecule has 59 heavy (non-hydrogen) atoms. The molecule has 4 aromatic rings. The Labute approximate surface area is 347 Å². The van der Waals surface area contributed by atoms with Crippen LogP contribution in [-0.2, 0) is 34.7 Å². The minimum absolute atomic E-state index is 0.0618. The summed E-state index contributed by atoms with van der Waals surface area (Å²) in [6, 6.07) is 29.6. The van der Waals surface area contributed by atoms with Crippen LogP contribution >= 0.6 is 0 Å². The van der Waals surface area contributed by atoms with Crippen molar-refractivity contribution in [1.82, 2.24) is 0 Å². The van der Waals surface area contributed by atoms with Gasteiger partial charge in [0.1, 0.15) is 0 Å². The van der Waals surface area contributed by atoms with Crippen molar-refractivity contribution in [2.75, 3.05) is 0 Å². The number of aliphatic hydroxyl groups excluding tert-OH is 1. The van der Waals surface area contributed by atoms with Crippen molar-refractivity contribution >= 4 is 12.4 Å². The van der Waals surface area contributed by atoms with Gasteiger partial charge in [-0.05, 0) is 0 Å². The molecule has 1 aliphatic rings. The molecule has 1 aliphatic heterocycles. The van der Waals surface area contributed by atoms with E-state index in [2.05, 4.69) is 156 Å². The third-order valence-corrected chi connectivity index (χ3v) is 13.9. The normalized spacial score (nSPS) is 20.4. The van der Waals surface area contributed by atoms with Crippen LogP contribution in [0.5, 0.6) is 11.5 Å². The van der Waals surface area contributed by atoms with Crippen LogP contribution in [0.25, 0.3) is 0 Å². The number of halogens is 6. The number of hydrogen-bond donors (Lipinski definition) is 3. The van der Waals surface area contributed by atoms with E-state index < -0.39 is 31.5 Å². The summed E-state index contributed by atoms with van der Waals surface area (Å²) in [6.07, 6.45) is -11.7. The van der Waals surface area contributed by atoms with Crippen molar-refractivity contribution in [2.45, 2.75) is 133 Å². The van der Waals surface area contributed by atoms with Gasteiger partial charge in [0.15, 0.2) is 0 Å². The van der Waals surface area contributed by atoms with Crippen LogP contribution in [0, 0.1) is 0 Å². The maximum atomic E-state index is 11.7. The summed E-state index contributed by atoms with van der Waals surface area (Å²) in [4.78, 5) is 0.124. The molecule has 4 aromatic carbocycles. The molecule has 1 saturated heterocycles. The van der Waals surface area contributed by atoms with E-state index in [1.54, 1.807) is 0 Å². The second-order valence-corrected chi connectivity index (χ2v) is 22.4. The second-order valence-electron chi connectivity index (χ2n) is 18.9. The maximum absolute atomic E-state index is 11.7. The van der Waals surface area contributed by atoms with Crippen LogP contribution < -0.4 is 0 Å². The van der Waals surface area contributed by atoms with E-state index in [1.807, 2.05) is 24.6 Å². The largest absolute Gasteiger partial charge is 0.423 e. The van der Waals surface area contributed by atoms with Gasteiger partial charge >= 0.3 is 312 Å². The van der Waals surface area contributed by atoms with Crippen LogP contribution in [0.15, 0.2) is 93.0 Å². The topological polar surface area (TPSA) is 85.4 Å². The average molecular weight is 872 g/mol. The van der Waals surface area contributed by atoms with E-state index >= 15 is 0 Å². The smallest absolute Gasteiger partial charge is 0.377 e. The van der Waals surface area contributed by atoms with Crippen molar-refractivity contribution in [1.29, 1.82) is 0 Å². The number of hydrogen-bond acceptors (Lipinski definition) is 5. The molecule has 1 fully saturated rings. The van der Waals surface area contributed by atoms with Crippen molar-refractivity contribution in [3.05, 3.63) is 129 Å². The van der Waals surface area contributed by atoms with Gasteiger partial charge in [0.2, 0.25) is 6.10 Å². The van der Waals surface area contributed by atoms with E-state index in [-0.39, 0.29) is 42.9 Å². The Hall–Kier alpha value is -4.13. The zero-order valence-corrected chi connectivity index (χ0v) is 36.8. The Kier molecular flexibility index (Phi) is 13.5. The molecular weight excluding hydrogens is 813 g/mol. The van der Waals surface area contributed by atoms with Gasteiger partial charge in [0.25, 0.3) is 0 Å². The monoisotopic (exact) mass is 871 g/mol. The first-order valence-corrected chi connectivity index (χ1v) is 21.4. The van der Waals surface area contributed by atoms with Gasteiger partial charge < -0.3 is 5.11 Å². The van der Waals surface area contributed by atoms with Crippen LogP contribution in [0.3, 0.4) is 0 Å². The molecule has 325 valence electrons. The summed E-state index contributed by atoms with van der Waals surface area (Å²) in [6.45, 7) is 26.0. The van der Waals surface area contributed by atoms with Crippen molar-refractivity contribution in [3.63, 3.8) is 0 Å². The minimum Gasteiger partial charge on any atom is -0.377 e. The fourth-order valence-electron chi connectivity index (χ4n) is 6.30. The maximum Gasteiger partial charge on any atom is 0.423 e. The number of phenols is 2. The number of alkyl halides is 6. The first kappa shape index (κ1) is 47.5. The molecule has 0 bridgehead atoms. The standard InChI is InChI=1S/2C15H22NO.C14H12.C3H2F6O.Co/c2*1-14(2,3)11-7-10(9-16)13(17)12(8-11)15(4,5)6;1-3-7-13(8-4-1)11-12-14-9-5-2-6-10-14;4-2(5,6)1(10)3(7,8)9;/h2*7-9,17H,1-6H3;1-12H;1,10H;/q2*-1;;;+2. The summed E-state index contributed by atoms with van der Waals surface area (Å²) in [7, 11) is 0. The Morgan fingerprint density at radius 2 is 0.814 bits per heavy atom. The summed E-state index contributed by atoms with van der Waals surface area (Å²) < 4.78 is 76.8. The number of phenolic OH excluding ortho intramolecular Hbond substituents is 2. The minimum atomic E-state index is -5.63. The Morgan fingerprint density at radius 3 is 1.05 bits per heavy atom. The molecule has 0 aromatic heterocycles. The van der Waals surface area contributed by atoms with Gasteiger partial charge in [0, 0.05) is 0 Å². The molecule has 0 spiro atoms. The molecule has 5 nitrogen and oxygen atoms in total. The van der Waals surface area contributed by atoms with Gasteiger partial charge in [-0.2, -0.15) is 26.3 Å². The quantitative estimate of drug-likeness (QED) is 0.133. The first-order valence-electron chi connectivity index (χ1n) is 19.2.